The van der Waals surface area contributed by atoms with Crippen LogP contribution >= 0.6 is 0 Å². The Balaban J connectivity index is 2.19. The van der Waals surface area contributed by atoms with Gasteiger partial charge in [-0.3, -0.25) is 4.79 Å². The van der Waals surface area contributed by atoms with Crippen LogP contribution in [-0.4, -0.2) is 13.1 Å². The van der Waals surface area contributed by atoms with Crippen molar-refractivity contribution in [3.63, 3.8) is 0 Å². The predicted molar refractivity (Wildman–Crippen MR) is 67.7 cm³/mol. The van der Waals surface area contributed by atoms with Gasteiger partial charge in [-0.05, 0) is 24.8 Å². The summed E-state index contributed by atoms with van der Waals surface area (Å²) in [5.41, 5.74) is 0.966. The third kappa shape index (κ3) is 2.68. The zero-order chi connectivity index (χ0) is 12.1. The molecule has 2 heteroatoms. The minimum absolute atomic E-state index is 0.0268. The van der Waals surface area contributed by atoms with Crippen LogP contribution in [-0.2, 0) is 16.0 Å². The average molecular weight is 232 g/mol. The highest BCUT2D eigenvalue weighted by Gasteiger charge is 2.40. The van der Waals surface area contributed by atoms with Crippen molar-refractivity contribution in [2.75, 3.05) is 7.11 Å². The molecule has 0 unspecified atom stereocenters. The van der Waals surface area contributed by atoms with Crippen molar-refractivity contribution in [3.05, 3.63) is 35.9 Å². The van der Waals surface area contributed by atoms with Gasteiger partial charge >= 0.3 is 5.97 Å². The Bertz CT molecular complexity index is 364. The molecular formula is C15H20O2. The molecule has 0 bridgehead atoms. The smallest absolute Gasteiger partial charge is 0.312 e. The van der Waals surface area contributed by atoms with E-state index in [9.17, 15) is 4.79 Å². The van der Waals surface area contributed by atoms with Crippen molar-refractivity contribution in [2.45, 2.75) is 38.5 Å². The summed E-state index contributed by atoms with van der Waals surface area (Å²) in [5, 5.41) is 0. The van der Waals surface area contributed by atoms with E-state index in [1.165, 1.54) is 19.1 Å². The molecule has 2 nitrogen and oxygen atoms in total. The molecule has 0 atom stereocenters. The molecule has 0 radical (unpaired) electrons. The van der Waals surface area contributed by atoms with Crippen molar-refractivity contribution >= 4 is 5.97 Å². The molecule has 0 N–H and O–H groups in total. The van der Waals surface area contributed by atoms with Crippen molar-refractivity contribution in [1.29, 1.82) is 0 Å². The maximum absolute atomic E-state index is 12.1. The summed E-state index contributed by atoms with van der Waals surface area (Å²) in [6.07, 6.45) is 6.28. The van der Waals surface area contributed by atoms with Crippen LogP contribution < -0.4 is 0 Å². The Morgan fingerprint density at radius 1 is 1.18 bits per heavy atom. The highest BCUT2D eigenvalue weighted by Crippen LogP contribution is 2.40. The molecule has 0 aromatic heterocycles. The molecule has 1 saturated carbocycles. The van der Waals surface area contributed by atoms with E-state index in [4.69, 9.17) is 4.74 Å². The molecule has 1 aromatic rings. The van der Waals surface area contributed by atoms with Gasteiger partial charge in [0.1, 0.15) is 0 Å². The molecule has 0 amide bonds. The number of ether oxygens (including phenoxy) is 1. The lowest BCUT2D eigenvalue weighted by Crippen LogP contribution is -2.36. The lowest BCUT2D eigenvalue weighted by atomic mass is 9.70. The van der Waals surface area contributed by atoms with Crippen molar-refractivity contribution in [2.24, 2.45) is 5.41 Å². The van der Waals surface area contributed by atoms with Gasteiger partial charge in [0.25, 0.3) is 0 Å². The summed E-state index contributed by atoms with van der Waals surface area (Å²) in [7, 11) is 1.50. The molecule has 1 aromatic carbocycles. The molecule has 0 spiro atoms. The van der Waals surface area contributed by atoms with Crippen LogP contribution in [0.15, 0.2) is 30.3 Å². The van der Waals surface area contributed by atoms with E-state index in [0.29, 0.717) is 0 Å². The lowest BCUT2D eigenvalue weighted by Gasteiger charge is -2.34. The number of hydrogen-bond donors (Lipinski definition) is 0. The fourth-order valence-electron chi connectivity index (χ4n) is 2.88. The van der Waals surface area contributed by atoms with Crippen LogP contribution in [0.3, 0.4) is 0 Å². The highest BCUT2D eigenvalue weighted by molar-refractivity contribution is 5.77. The average Bonchev–Trinajstić information content (AvgIpc) is 2.40. The zero-order valence-corrected chi connectivity index (χ0v) is 10.4. The summed E-state index contributed by atoms with van der Waals surface area (Å²) in [6, 6.07) is 10.3. The van der Waals surface area contributed by atoms with Crippen LogP contribution in [0.2, 0.25) is 0 Å². The maximum Gasteiger partial charge on any atom is 0.312 e. The molecule has 1 fully saturated rings. The first-order chi connectivity index (χ1) is 8.27. The van der Waals surface area contributed by atoms with Gasteiger partial charge in [-0.15, -0.1) is 0 Å². The van der Waals surface area contributed by atoms with Gasteiger partial charge in [0.2, 0.25) is 0 Å². The summed E-state index contributed by atoms with van der Waals surface area (Å²) >= 11 is 0. The first kappa shape index (κ1) is 12.2. The SMILES string of the molecule is COC(=O)C1(Cc2ccccc2)CCCCC1. The van der Waals surface area contributed by atoms with Crippen LogP contribution in [0.5, 0.6) is 0 Å². The number of carbonyl (C=O) groups is 1. The minimum atomic E-state index is -0.269. The Morgan fingerprint density at radius 2 is 1.82 bits per heavy atom. The van der Waals surface area contributed by atoms with Gasteiger partial charge in [0.15, 0.2) is 0 Å². The number of methoxy groups -OCH3 is 1. The molecule has 92 valence electrons. The quantitative estimate of drug-likeness (QED) is 0.747. The lowest BCUT2D eigenvalue weighted by molar-refractivity contribution is -0.154. The van der Waals surface area contributed by atoms with E-state index in [1.54, 1.807) is 0 Å². The summed E-state index contributed by atoms with van der Waals surface area (Å²) < 4.78 is 5.03. The van der Waals surface area contributed by atoms with Gasteiger partial charge in [0, 0.05) is 0 Å². The third-order valence-corrected chi connectivity index (χ3v) is 3.81. The number of hydrogen-bond acceptors (Lipinski definition) is 2. The van der Waals surface area contributed by atoms with E-state index < -0.39 is 0 Å². The van der Waals surface area contributed by atoms with Crippen LogP contribution in [0.25, 0.3) is 0 Å². The molecule has 0 aliphatic heterocycles. The summed E-state index contributed by atoms with van der Waals surface area (Å²) in [4.78, 5) is 12.1. The monoisotopic (exact) mass is 232 g/mol. The molecular weight excluding hydrogens is 212 g/mol. The maximum atomic E-state index is 12.1. The van der Waals surface area contributed by atoms with E-state index in [-0.39, 0.29) is 11.4 Å². The molecule has 1 aliphatic carbocycles. The largest absolute Gasteiger partial charge is 0.469 e. The van der Waals surface area contributed by atoms with Crippen molar-refractivity contribution in [1.82, 2.24) is 0 Å². The fourth-order valence-corrected chi connectivity index (χ4v) is 2.88. The van der Waals surface area contributed by atoms with Crippen molar-refractivity contribution < 1.29 is 9.53 Å². The number of carbonyl (C=O) groups excluding carboxylic acids is 1. The molecule has 1 aliphatic rings. The van der Waals surface area contributed by atoms with Gasteiger partial charge in [-0.1, -0.05) is 49.6 Å². The van der Waals surface area contributed by atoms with Gasteiger partial charge < -0.3 is 4.74 Å². The topological polar surface area (TPSA) is 26.3 Å². The standard InChI is InChI=1S/C15H20O2/c1-17-14(16)15(10-6-3-7-11-15)12-13-8-4-2-5-9-13/h2,4-5,8-9H,3,6-7,10-12H2,1H3. The van der Waals surface area contributed by atoms with Gasteiger partial charge in [-0.2, -0.15) is 0 Å². The Kier molecular flexibility index (Phi) is 3.82. The van der Waals surface area contributed by atoms with Crippen LogP contribution in [0.1, 0.15) is 37.7 Å². The zero-order valence-electron chi connectivity index (χ0n) is 10.4. The van der Waals surface area contributed by atoms with Crippen LogP contribution in [0.4, 0.5) is 0 Å². The van der Waals surface area contributed by atoms with E-state index in [1.807, 2.05) is 18.2 Å². The highest BCUT2D eigenvalue weighted by atomic mass is 16.5. The van der Waals surface area contributed by atoms with Crippen molar-refractivity contribution in [3.8, 4) is 0 Å². The molecule has 0 saturated heterocycles. The number of rotatable bonds is 3. The minimum Gasteiger partial charge on any atom is -0.469 e. The van der Waals surface area contributed by atoms with Gasteiger partial charge in [-0.25, -0.2) is 0 Å². The van der Waals surface area contributed by atoms with E-state index >= 15 is 0 Å². The second-order valence-corrected chi connectivity index (χ2v) is 4.99. The van der Waals surface area contributed by atoms with Crippen LogP contribution in [0, 0.1) is 5.41 Å². The Labute approximate surface area is 103 Å². The first-order valence-electron chi connectivity index (χ1n) is 6.39. The number of esters is 1. The molecule has 2 rings (SSSR count). The van der Waals surface area contributed by atoms with E-state index in [0.717, 1.165) is 32.1 Å². The normalized spacial score (nSPS) is 18.6. The molecule has 17 heavy (non-hydrogen) atoms. The second-order valence-electron chi connectivity index (χ2n) is 4.99. The fraction of sp³-hybridized carbons (Fsp3) is 0.533. The number of benzene rings is 1. The summed E-state index contributed by atoms with van der Waals surface area (Å²) in [5.74, 6) is -0.0268. The predicted octanol–water partition coefficient (Wildman–Crippen LogP) is 3.35. The Hall–Kier alpha value is -1.31. The second kappa shape index (κ2) is 5.35. The summed E-state index contributed by atoms with van der Waals surface area (Å²) in [6.45, 7) is 0. The third-order valence-electron chi connectivity index (χ3n) is 3.81. The first-order valence-corrected chi connectivity index (χ1v) is 6.39. The van der Waals surface area contributed by atoms with Gasteiger partial charge in [0.05, 0.1) is 12.5 Å². The molecule has 0 heterocycles. The Morgan fingerprint density at radius 3 is 2.41 bits per heavy atom. The van der Waals surface area contributed by atoms with E-state index in [2.05, 4.69) is 12.1 Å².